The minimum atomic E-state index is 0.00856. The molecule has 0 atom stereocenters. The summed E-state index contributed by atoms with van der Waals surface area (Å²) in [6, 6.07) is 15.0. The summed E-state index contributed by atoms with van der Waals surface area (Å²) in [6.07, 6.45) is 9.52. The summed E-state index contributed by atoms with van der Waals surface area (Å²) >= 11 is 0. The van der Waals surface area contributed by atoms with Gasteiger partial charge >= 0.3 is 0 Å². The Hall–Kier alpha value is -4.53. The molecule has 0 N–H and O–H groups in total. The van der Waals surface area contributed by atoms with Crippen molar-refractivity contribution in [1.82, 2.24) is 30.0 Å². The molecular weight excluding hydrogens is 444 g/mol. The first-order chi connectivity index (χ1) is 17.1. The lowest BCUT2D eigenvalue weighted by Gasteiger charge is -2.15. The number of ether oxygens (including phenoxy) is 2. The van der Waals surface area contributed by atoms with Crippen molar-refractivity contribution in [3.63, 3.8) is 0 Å². The van der Waals surface area contributed by atoms with E-state index < -0.39 is 0 Å². The van der Waals surface area contributed by atoms with Crippen LogP contribution in [0.5, 0.6) is 11.5 Å². The first kappa shape index (κ1) is 22.3. The van der Waals surface area contributed by atoms with E-state index in [0.717, 1.165) is 29.3 Å². The first-order valence-electron chi connectivity index (χ1n) is 11.2. The van der Waals surface area contributed by atoms with Crippen molar-refractivity contribution in [2.24, 2.45) is 0 Å². The van der Waals surface area contributed by atoms with Gasteiger partial charge in [0.15, 0.2) is 5.78 Å². The molecule has 2 aromatic carbocycles. The molecule has 0 spiro atoms. The third-order valence-electron chi connectivity index (χ3n) is 5.82. The predicted octanol–water partition coefficient (Wildman–Crippen LogP) is 4.09. The second kappa shape index (κ2) is 9.76. The van der Waals surface area contributed by atoms with Crippen LogP contribution in [0.15, 0.2) is 72.1 Å². The van der Waals surface area contributed by atoms with Crippen LogP contribution in [-0.4, -0.2) is 50.0 Å². The number of Topliss-reactive ketones (excluding diaryl/α,β-unsaturated/α-hetero) is 1. The molecule has 0 amide bonds. The fourth-order valence-electron chi connectivity index (χ4n) is 3.94. The number of benzene rings is 2. The highest BCUT2D eigenvalue weighted by Gasteiger charge is 2.21. The van der Waals surface area contributed by atoms with E-state index in [1.807, 2.05) is 60.7 Å². The maximum Gasteiger partial charge on any atom is 0.185 e. The van der Waals surface area contributed by atoms with Crippen molar-refractivity contribution < 1.29 is 14.3 Å². The molecule has 1 aliphatic rings. The van der Waals surface area contributed by atoms with Crippen LogP contribution in [0.25, 0.3) is 23.5 Å². The zero-order valence-corrected chi connectivity index (χ0v) is 19.5. The summed E-state index contributed by atoms with van der Waals surface area (Å²) in [5.74, 6) is 1.55. The highest BCUT2D eigenvalue weighted by atomic mass is 16.5. The van der Waals surface area contributed by atoms with Gasteiger partial charge in [0.2, 0.25) is 0 Å². The Bertz CT molecular complexity index is 1290. The number of methoxy groups -OCH3 is 2. The number of carbonyl (C=O) groups excluding carboxylic acids is 1. The van der Waals surface area contributed by atoms with Crippen LogP contribution in [0.4, 0.5) is 0 Å². The number of allylic oxidation sites excluding steroid dienone is 2. The summed E-state index contributed by atoms with van der Waals surface area (Å²) in [4.78, 5) is 13.2. The van der Waals surface area contributed by atoms with Crippen molar-refractivity contribution in [2.75, 3.05) is 14.2 Å². The highest BCUT2D eigenvalue weighted by molar-refractivity contribution is 6.13. The van der Waals surface area contributed by atoms with Crippen molar-refractivity contribution >= 4 is 17.9 Å². The number of carbonyl (C=O) groups is 1. The van der Waals surface area contributed by atoms with E-state index in [2.05, 4.69) is 20.6 Å². The molecule has 9 heteroatoms. The SMILES string of the molecule is COc1ccc(-n2cc(/C=C3\CCC/C(=C\c4cn(-c5ccc(OC)cc5)nn4)C3=O)nn2)cc1. The van der Waals surface area contributed by atoms with E-state index in [0.29, 0.717) is 35.4 Å². The third kappa shape index (κ3) is 4.89. The Morgan fingerprint density at radius 1 is 0.714 bits per heavy atom. The summed E-state index contributed by atoms with van der Waals surface area (Å²) in [6.45, 7) is 0. The van der Waals surface area contributed by atoms with Gasteiger partial charge in [-0.15, -0.1) is 10.2 Å². The van der Waals surface area contributed by atoms with Crippen molar-refractivity contribution in [3.8, 4) is 22.9 Å². The van der Waals surface area contributed by atoms with Gasteiger partial charge in [0, 0.05) is 11.1 Å². The topological polar surface area (TPSA) is 97.0 Å². The molecule has 1 saturated carbocycles. The maximum atomic E-state index is 13.2. The lowest BCUT2D eigenvalue weighted by Crippen LogP contribution is -2.12. The van der Waals surface area contributed by atoms with Gasteiger partial charge < -0.3 is 9.47 Å². The van der Waals surface area contributed by atoms with Crippen LogP contribution >= 0.6 is 0 Å². The molecule has 176 valence electrons. The van der Waals surface area contributed by atoms with E-state index in [4.69, 9.17) is 9.47 Å². The largest absolute Gasteiger partial charge is 0.497 e. The molecule has 0 radical (unpaired) electrons. The number of nitrogens with zero attached hydrogens (tertiary/aromatic N) is 6. The van der Waals surface area contributed by atoms with E-state index in [1.54, 1.807) is 36.0 Å². The quantitative estimate of drug-likeness (QED) is 0.393. The van der Waals surface area contributed by atoms with Gasteiger partial charge in [0.25, 0.3) is 0 Å². The molecule has 0 saturated heterocycles. The molecule has 0 unspecified atom stereocenters. The first-order valence-corrected chi connectivity index (χ1v) is 11.2. The molecule has 4 aromatic rings. The van der Waals surface area contributed by atoms with E-state index in [9.17, 15) is 4.79 Å². The fraction of sp³-hybridized carbons (Fsp3) is 0.192. The monoisotopic (exact) mass is 468 g/mol. The predicted molar refractivity (Wildman–Crippen MR) is 131 cm³/mol. The summed E-state index contributed by atoms with van der Waals surface area (Å²) < 4.78 is 13.7. The maximum absolute atomic E-state index is 13.2. The lowest BCUT2D eigenvalue weighted by atomic mass is 9.88. The standard InChI is InChI=1S/C26H24N6O3/c1-34-24-10-6-22(7-11-24)31-16-20(27-29-31)14-18-4-3-5-19(26(18)33)15-21-17-32(30-28-21)23-8-12-25(35-2)13-9-23/h6-17H,3-5H2,1-2H3/b18-14+,19-15+. The number of ketones is 1. The van der Waals surface area contributed by atoms with Crippen molar-refractivity contribution in [1.29, 1.82) is 0 Å². The number of hydrogen-bond acceptors (Lipinski definition) is 7. The van der Waals surface area contributed by atoms with Gasteiger partial charge in [-0.2, -0.15) is 0 Å². The van der Waals surface area contributed by atoms with Crippen LogP contribution in [0.3, 0.4) is 0 Å². The average Bonchev–Trinajstić information content (AvgIpc) is 3.56. The molecule has 2 heterocycles. The normalized spacial score (nSPS) is 16.1. The van der Waals surface area contributed by atoms with Gasteiger partial charge in [0.1, 0.15) is 22.9 Å². The Kier molecular flexibility index (Phi) is 6.21. The van der Waals surface area contributed by atoms with Gasteiger partial charge in [-0.25, -0.2) is 9.36 Å². The minimum absolute atomic E-state index is 0.00856. The smallest absolute Gasteiger partial charge is 0.185 e. The molecule has 0 aliphatic heterocycles. The molecule has 2 aromatic heterocycles. The van der Waals surface area contributed by atoms with Gasteiger partial charge in [-0.05, 0) is 79.9 Å². The number of rotatable bonds is 6. The molecule has 35 heavy (non-hydrogen) atoms. The van der Waals surface area contributed by atoms with Crippen LogP contribution in [0.1, 0.15) is 30.7 Å². The van der Waals surface area contributed by atoms with Crippen molar-refractivity contribution in [2.45, 2.75) is 19.3 Å². The average molecular weight is 469 g/mol. The van der Waals surface area contributed by atoms with E-state index in [1.165, 1.54) is 0 Å². The lowest BCUT2D eigenvalue weighted by molar-refractivity contribution is -0.112. The van der Waals surface area contributed by atoms with E-state index in [-0.39, 0.29) is 5.78 Å². The number of hydrogen-bond donors (Lipinski definition) is 0. The Labute approximate surface area is 202 Å². The molecule has 1 aliphatic carbocycles. The zero-order valence-electron chi connectivity index (χ0n) is 19.5. The molecular formula is C26H24N6O3. The second-order valence-electron chi connectivity index (χ2n) is 8.09. The summed E-state index contributed by atoms with van der Waals surface area (Å²) in [5.41, 5.74) is 4.42. The minimum Gasteiger partial charge on any atom is -0.497 e. The van der Waals surface area contributed by atoms with Gasteiger partial charge in [-0.3, -0.25) is 4.79 Å². The van der Waals surface area contributed by atoms with Crippen LogP contribution in [-0.2, 0) is 4.79 Å². The fourth-order valence-corrected chi connectivity index (χ4v) is 3.94. The second-order valence-corrected chi connectivity index (χ2v) is 8.09. The van der Waals surface area contributed by atoms with Crippen molar-refractivity contribution in [3.05, 3.63) is 83.5 Å². The Morgan fingerprint density at radius 2 is 1.14 bits per heavy atom. The molecule has 9 nitrogen and oxygen atoms in total. The van der Waals surface area contributed by atoms with Crippen LogP contribution in [0.2, 0.25) is 0 Å². The zero-order chi connectivity index (χ0) is 24.2. The summed E-state index contributed by atoms with van der Waals surface area (Å²) in [5, 5.41) is 16.8. The molecule has 0 bridgehead atoms. The van der Waals surface area contributed by atoms with Gasteiger partial charge in [0.05, 0.1) is 38.0 Å². The summed E-state index contributed by atoms with van der Waals surface area (Å²) in [7, 11) is 3.25. The Balaban J connectivity index is 1.33. The highest BCUT2D eigenvalue weighted by Crippen LogP contribution is 2.28. The number of aromatic nitrogens is 6. The van der Waals surface area contributed by atoms with E-state index >= 15 is 0 Å². The van der Waals surface area contributed by atoms with Crippen LogP contribution in [0, 0.1) is 0 Å². The Morgan fingerprint density at radius 3 is 1.54 bits per heavy atom. The molecule has 1 fully saturated rings. The third-order valence-corrected chi connectivity index (χ3v) is 5.82. The molecule has 5 rings (SSSR count). The van der Waals surface area contributed by atoms with Gasteiger partial charge in [-0.1, -0.05) is 10.4 Å². The van der Waals surface area contributed by atoms with Crippen LogP contribution < -0.4 is 9.47 Å².